The van der Waals surface area contributed by atoms with Gasteiger partial charge in [0, 0.05) is 35.8 Å². The Balaban J connectivity index is 1.60. The molecule has 0 saturated carbocycles. The van der Waals surface area contributed by atoms with Crippen molar-refractivity contribution in [2.75, 3.05) is 19.0 Å². The quantitative estimate of drug-likeness (QED) is 0.150. The first kappa shape index (κ1) is 38.5. The van der Waals surface area contributed by atoms with Crippen molar-refractivity contribution in [3.05, 3.63) is 92.8 Å². The van der Waals surface area contributed by atoms with Crippen LogP contribution in [0, 0.1) is 5.82 Å². The number of amides is 2. The maximum Gasteiger partial charge on any atom is 0.421 e. The Morgan fingerprint density at radius 2 is 1.78 bits per heavy atom. The number of methoxy groups -OCH3 is 1. The topological polar surface area (TPSA) is 151 Å². The summed E-state index contributed by atoms with van der Waals surface area (Å²) >= 11 is 3.49. The molecule has 2 N–H and O–H groups in total. The molecule has 1 heterocycles. The Bertz CT molecular complexity index is 2020. The van der Waals surface area contributed by atoms with Gasteiger partial charge in [0.15, 0.2) is 0 Å². The zero-order chi connectivity index (χ0) is 36.6. The summed E-state index contributed by atoms with van der Waals surface area (Å²) < 4.78 is 57.2. The third kappa shape index (κ3) is 9.88. The number of aryl methyl sites for hydroxylation is 2. The fraction of sp³-hybridized carbons (Fsp3) is 0.371. The van der Waals surface area contributed by atoms with E-state index in [-0.39, 0.29) is 47.9 Å². The summed E-state index contributed by atoms with van der Waals surface area (Å²) in [6.07, 6.45) is 1.36. The molecule has 268 valence electrons. The first-order chi connectivity index (χ1) is 23.6. The Morgan fingerprint density at radius 3 is 2.46 bits per heavy atom. The van der Waals surface area contributed by atoms with Gasteiger partial charge in [-0.05, 0) is 91.0 Å². The van der Waals surface area contributed by atoms with E-state index >= 15 is 4.39 Å². The van der Waals surface area contributed by atoms with Crippen molar-refractivity contribution in [1.29, 1.82) is 0 Å². The van der Waals surface area contributed by atoms with Crippen molar-refractivity contribution in [1.82, 2.24) is 19.1 Å². The first-order valence-corrected chi connectivity index (χ1v) is 18.3. The van der Waals surface area contributed by atoms with Crippen molar-refractivity contribution in [3.63, 3.8) is 0 Å². The number of benzene rings is 3. The van der Waals surface area contributed by atoms with E-state index in [2.05, 4.69) is 26.3 Å². The number of rotatable bonds is 14. The Morgan fingerprint density at radius 1 is 1.04 bits per heavy atom. The number of sulfonamides is 1. The molecule has 12 nitrogen and oxygen atoms in total. The molecule has 0 fully saturated rings. The van der Waals surface area contributed by atoms with Gasteiger partial charge in [-0.2, -0.15) is 4.68 Å². The van der Waals surface area contributed by atoms with Crippen molar-refractivity contribution < 1.29 is 31.9 Å². The summed E-state index contributed by atoms with van der Waals surface area (Å²) in [6, 6.07) is 15.4. The van der Waals surface area contributed by atoms with Crippen molar-refractivity contribution in [3.8, 4) is 16.8 Å². The van der Waals surface area contributed by atoms with Crippen LogP contribution in [0.2, 0.25) is 0 Å². The standard InChI is InChI=1S/C35H41BrFN5O7S/c1-6-7-12-31-39-42(29-22-25(15-16-27(29)36)38-32(43)18-20-48-5)34(45)41(31)19-17-23-13-14-24(21-28(23)37)26-10-8-9-11-30(26)50(46,47)40-33(44)49-35(2,3)4/h8-11,13-16,21-22H,6-7,12,17-20H2,1-5H3,(H,38,43)(H,40,44). The van der Waals surface area contributed by atoms with Gasteiger partial charge in [-0.25, -0.2) is 27.1 Å². The number of unbranched alkanes of at least 4 members (excludes halogenated alkanes) is 1. The minimum absolute atomic E-state index is 0.129. The van der Waals surface area contributed by atoms with Gasteiger partial charge in [-0.15, -0.1) is 5.10 Å². The number of nitrogens with zero attached hydrogens (tertiary/aromatic N) is 3. The number of halogens is 2. The highest BCUT2D eigenvalue weighted by atomic mass is 79.9. The molecule has 15 heteroatoms. The molecule has 50 heavy (non-hydrogen) atoms. The van der Waals surface area contributed by atoms with Crippen molar-refractivity contribution >= 4 is 43.6 Å². The summed E-state index contributed by atoms with van der Waals surface area (Å²) in [6.45, 7) is 7.25. The van der Waals surface area contributed by atoms with E-state index in [1.807, 2.05) is 11.6 Å². The first-order valence-electron chi connectivity index (χ1n) is 16.0. The SMILES string of the molecule is CCCCc1nn(-c2cc(NC(=O)CCOC)ccc2Br)c(=O)n1CCc1ccc(-c2ccccc2S(=O)(=O)NC(=O)OC(C)(C)C)cc1F. The number of hydrogen-bond donors (Lipinski definition) is 2. The van der Waals surface area contributed by atoms with Crippen molar-refractivity contribution in [2.45, 2.75) is 76.8 Å². The highest BCUT2D eigenvalue weighted by Gasteiger charge is 2.26. The predicted octanol–water partition coefficient (Wildman–Crippen LogP) is 6.38. The van der Waals surface area contributed by atoms with Gasteiger partial charge >= 0.3 is 11.8 Å². The fourth-order valence-corrected chi connectivity index (χ4v) is 6.58. The van der Waals surface area contributed by atoms with Crippen molar-refractivity contribution in [2.24, 2.45) is 0 Å². The Labute approximate surface area is 299 Å². The van der Waals surface area contributed by atoms with Gasteiger partial charge in [-0.1, -0.05) is 43.7 Å². The van der Waals surface area contributed by atoms with Crippen LogP contribution in [0.4, 0.5) is 14.9 Å². The number of ether oxygens (including phenoxy) is 2. The largest absolute Gasteiger partial charge is 0.443 e. The summed E-state index contributed by atoms with van der Waals surface area (Å²) in [4.78, 5) is 38.1. The van der Waals surface area contributed by atoms with Gasteiger partial charge in [-0.3, -0.25) is 9.36 Å². The number of hydrogen-bond acceptors (Lipinski definition) is 8. The van der Waals surface area contributed by atoms with E-state index in [1.165, 1.54) is 40.6 Å². The number of carbonyl (C=O) groups excluding carboxylic acids is 2. The third-order valence-electron chi connectivity index (χ3n) is 7.45. The van der Waals surface area contributed by atoms with Crippen LogP contribution in [-0.4, -0.2) is 54.1 Å². The molecule has 0 atom stereocenters. The maximum absolute atomic E-state index is 15.6. The second-order valence-electron chi connectivity index (χ2n) is 12.5. The van der Waals surface area contributed by atoms with Crippen LogP contribution in [-0.2, 0) is 43.7 Å². The van der Waals surface area contributed by atoms with Crippen LogP contribution in [0.15, 0.2) is 74.8 Å². The maximum atomic E-state index is 15.6. The summed E-state index contributed by atoms with van der Waals surface area (Å²) in [5.74, 6) is -0.297. The summed E-state index contributed by atoms with van der Waals surface area (Å²) in [5.41, 5.74) is 0.362. The predicted molar refractivity (Wildman–Crippen MR) is 191 cm³/mol. The van der Waals surface area contributed by atoms with E-state index in [9.17, 15) is 22.8 Å². The molecular formula is C35H41BrFN5O7S. The molecule has 4 aromatic rings. The van der Waals surface area contributed by atoms with Crippen LogP contribution < -0.4 is 15.7 Å². The van der Waals surface area contributed by atoms with Crippen LogP contribution in [0.5, 0.6) is 0 Å². The normalized spacial score (nSPS) is 11.7. The Kier molecular flexibility index (Phi) is 12.8. The average Bonchev–Trinajstić information content (AvgIpc) is 3.36. The van der Waals surface area contributed by atoms with Crippen LogP contribution in [0.1, 0.15) is 58.3 Å². The molecule has 3 aromatic carbocycles. The van der Waals surface area contributed by atoms with Gasteiger partial charge in [0.1, 0.15) is 17.2 Å². The third-order valence-corrected chi connectivity index (χ3v) is 9.49. The second kappa shape index (κ2) is 16.6. The van der Waals surface area contributed by atoms with E-state index < -0.39 is 33.2 Å². The molecule has 0 spiro atoms. The number of anilines is 1. The zero-order valence-corrected chi connectivity index (χ0v) is 31.0. The highest BCUT2D eigenvalue weighted by Crippen LogP contribution is 2.29. The molecule has 0 unspecified atom stereocenters. The van der Waals surface area contributed by atoms with Crippen LogP contribution in [0.25, 0.3) is 16.8 Å². The lowest BCUT2D eigenvalue weighted by molar-refractivity contribution is -0.117. The average molecular weight is 775 g/mol. The lowest BCUT2D eigenvalue weighted by atomic mass is 10.0. The number of carbonyl (C=O) groups is 2. The second-order valence-corrected chi connectivity index (χ2v) is 15.0. The van der Waals surface area contributed by atoms with Gasteiger partial charge in [0.05, 0.1) is 23.6 Å². The molecule has 0 aliphatic carbocycles. The monoisotopic (exact) mass is 773 g/mol. The molecule has 0 aliphatic heterocycles. The smallest absolute Gasteiger partial charge is 0.421 e. The van der Waals surface area contributed by atoms with E-state index in [0.717, 1.165) is 12.8 Å². The minimum Gasteiger partial charge on any atom is -0.443 e. The Hall–Kier alpha value is -4.34. The van der Waals surface area contributed by atoms with Gasteiger partial charge in [0.2, 0.25) is 5.91 Å². The molecule has 0 saturated heterocycles. The molecule has 4 rings (SSSR count). The molecular weight excluding hydrogens is 733 g/mol. The molecule has 0 bridgehead atoms. The van der Waals surface area contributed by atoms with E-state index in [1.54, 1.807) is 57.2 Å². The van der Waals surface area contributed by atoms with Gasteiger partial charge < -0.3 is 14.8 Å². The lowest BCUT2D eigenvalue weighted by Gasteiger charge is -2.20. The lowest BCUT2D eigenvalue weighted by Crippen LogP contribution is -2.36. The fourth-order valence-electron chi connectivity index (χ4n) is 5.06. The van der Waals surface area contributed by atoms with Crippen LogP contribution >= 0.6 is 15.9 Å². The van der Waals surface area contributed by atoms with E-state index in [0.29, 0.717) is 33.7 Å². The van der Waals surface area contributed by atoms with Gasteiger partial charge in [0.25, 0.3) is 10.0 Å². The number of nitrogens with one attached hydrogen (secondary N) is 2. The van der Waals surface area contributed by atoms with E-state index in [4.69, 9.17) is 9.47 Å². The molecule has 0 aliphatic rings. The zero-order valence-electron chi connectivity index (χ0n) is 28.6. The molecule has 1 aromatic heterocycles. The molecule has 0 radical (unpaired) electrons. The summed E-state index contributed by atoms with van der Waals surface area (Å²) in [7, 11) is -2.85. The highest BCUT2D eigenvalue weighted by molar-refractivity contribution is 9.10. The summed E-state index contributed by atoms with van der Waals surface area (Å²) in [5, 5.41) is 7.42. The minimum atomic E-state index is -4.36. The molecule has 2 amide bonds. The van der Waals surface area contributed by atoms with Crippen LogP contribution in [0.3, 0.4) is 0 Å². The number of aromatic nitrogens is 3.